The topological polar surface area (TPSA) is 98.5 Å². The lowest BCUT2D eigenvalue weighted by atomic mass is 10.1. The number of anilines is 1. The van der Waals surface area contributed by atoms with Gasteiger partial charge in [-0.1, -0.05) is 12.1 Å². The number of hydrogen-bond donors (Lipinski definition) is 1. The fourth-order valence-corrected chi connectivity index (χ4v) is 2.06. The third kappa shape index (κ3) is 4.60. The standard InChI is InChI=1S/C17H15FN2O5/c1-10-4-6-13(18)8-14(10)19-16(21)9-25-17(22)12-5-3-11(2)15(7-12)20(23)24/h3-8H,9H2,1-2H3,(H,19,21). The molecule has 0 radical (unpaired) electrons. The van der Waals surface area contributed by atoms with Gasteiger partial charge in [0.1, 0.15) is 5.82 Å². The van der Waals surface area contributed by atoms with Crippen LogP contribution in [0.25, 0.3) is 0 Å². The molecule has 1 N–H and O–H groups in total. The molecule has 0 bridgehead atoms. The van der Waals surface area contributed by atoms with E-state index in [1.165, 1.54) is 24.3 Å². The summed E-state index contributed by atoms with van der Waals surface area (Å²) in [6.45, 7) is 2.63. The van der Waals surface area contributed by atoms with Gasteiger partial charge in [0.25, 0.3) is 11.6 Å². The Hall–Kier alpha value is -3.29. The van der Waals surface area contributed by atoms with E-state index in [2.05, 4.69) is 5.32 Å². The van der Waals surface area contributed by atoms with E-state index < -0.39 is 29.2 Å². The second-order valence-electron chi connectivity index (χ2n) is 5.34. The molecule has 0 heterocycles. The Morgan fingerprint density at radius 2 is 1.84 bits per heavy atom. The number of amides is 1. The third-order valence-corrected chi connectivity index (χ3v) is 3.45. The summed E-state index contributed by atoms with van der Waals surface area (Å²) in [7, 11) is 0. The SMILES string of the molecule is Cc1ccc(F)cc1NC(=O)COC(=O)c1ccc(C)c([N+](=O)[O-])c1. The van der Waals surface area contributed by atoms with Gasteiger partial charge < -0.3 is 10.1 Å². The van der Waals surface area contributed by atoms with Gasteiger partial charge in [-0.05, 0) is 37.6 Å². The molecule has 0 fully saturated rings. The number of ether oxygens (including phenoxy) is 1. The molecule has 8 heteroatoms. The van der Waals surface area contributed by atoms with Crippen molar-refractivity contribution in [3.05, 3.63) is 69.0 Å². The Bertz CT molecular complexity index is 851. The zero-order valence-electron chi connectivity index (χ0n) is 13.5. The van der Waals surface area contributed by atoms with Crippen molar-refractivity contribution < 1.29 is 23.6 Å². The Morgan fingerprint density at radius 3 is 2.52 bits per heavy atom. The lowest BCUT2D eigenvalue weighted by Crippen LogP contribution is -2.21. The van der Waals surface area contributed by atoms with Crippen LogP contribution in [-0.4, -0.2) is 23.4 Å². The predicted molar refractivity (Wildman–Crippen MR) is 87.9 cm³/mol. The predicted octanol–water partition coefficient (Wildman–Crippen LogP) is 3.15. The molecule has 0 aliphatic carbocycles. The van der Waals surface area contributed by atoms with Gasteiger partial charge in [-0.3, -0.25) is 14.9 Å². The second-order valence-corrected chi connectivity index (χ2v) is 5.34. The molecule has 2 aromatic rings. The van der Waals surface area contributed by atoms with Crippen LogP contribution in [0, 0.1) is 29.8 Å². The maximum Gasteiger partial charge on any atom is 0.338 e. The number of carbonyl (C=O) groups is 2. The van der Waals surface area contributed by atoms with Crippen molar-refractivity contribution in [1.82, 2.24) is 0 Å². The highest BCUT2D eigenvalue weighted by atomic mass is 19.1. The highest BCUT2D eigenvalue weighted by molar-refractivity contribution is 5.96. The summed E-state index contributed by atoms with van der Waals surface area (Å²) < 4.78 is 18.0. The summed E-state index contributed by atoms with van der Waals surface area (Å²) >= 11 is 0. The van der Waals surface area contributed by atoms with Crippen LogP contribution < -0.4 is 5.32 Å². The third-order valence-electron chi connectivity index (χ3n) is 3.45. The molecule has 0 spiro atoms. The second kappa shape index (κ2) is 7.52. The summed E-state index contributed by atoms with van der Waals surface area (Å²) in [6, 6.07) is 7.80. The first-order valence-electron chi connectivity index (χ1n) is 7.26. The number of hydrogen-bond acceptors (Lipinski definition) is 5. The molecule has 1 amide bonds. The first kappa shape index (κ1) is 18.1. The molecule has 0 aliphatic rings. The van der Waals surface area contributed by atoms with Crippen LogP contribution in [0.1, 0.15) is 21.5 Å². The van der Waals surface area contributed by atoms with Gasteiger partial charge in [0.15, 0.2) is 6.61 Å². The van der Waals surface area contributed by atoms with Gasteiger partial charge in [0.05, 0.1) is 10.5 Å². The minimum Gasteiger partial charge on any atom is -0.452 e. The van der Waals surface area contributed by atoms with Gasteiger partial charge in [-0.25, -0.2) is 9.18 Å². The van der Waals surface area contributed by atoms with Gasteiger partial charge in [-0.2, -0.15) is 0 Å². The van der Waals surface area contributed by atoms with E-state index in [1.54, 1.807) is 13.8 Å². The molecule has 0 saturated heterocycles. The minimum atomic E-state index is -0.866. The summed E-state index contributed by atoms with van der Waals surface area (Å²) in [5.41, 5.74) is 1.07. The van der Waals surface area contributed by atoms with E-state index in [9.17, 15) is 24.1 Å². The van der Waals surface area contributed by atoms with E-state index in [1.807, 2.05) is 0 Å². The number of esters is 1. The van der Waals surface area contributed by atoms with Crippen molar-refractivity contribution in [1.29, 1.82) is 0 Å². The number of carbonyl (C=O) groups excluding carboxylic acids is 2. The molecule has 7 nitrogen and oxygen atoms in total. The van der Waals surface area contributed by atoms with E-state index in [0.29, 0.717) is 11.1 Å². The number of nitro groups is 1. The average Bonchev–Trinajstić information content (AvgIpc) is 2.56. The highest BCUT2D eigenvalue weighted by Crippen LogP contribution is 2.20. The number of halogens is 1. The molecule has 0 aliphatic heterocycles. The molecule has 2 aromatic carbocycles. The van der Waals surface area contributed by atoms with Crippen LogP contribution in [0.5, 0.6) is 0 Å². The smallest absolute Gasteiger partial charge is 0.338 e. The molecular formula is C17H15FN2O5. The summed E-state index contributed by atoms with van der Waals surface area (Å²) in [6.07, 6.45) is 0. The average molecular weight is 346 g/mol. The number of nitro benzene ring substituents is 1. The molecule has 0 aromatic heterocycles. The Morgan fingerprint density at radius 1 is 1.16 bits per heavy atom. The van der Waals surface area contributed by atoms with Crippen molar-refractivity contribution in [3.8, 4) is 0 Å². The van der Waals surface area contributed by atoms with Crippen molar-refractivity contribution in [2.24, 2.45) is 0 Å². The monoisotopic (exact) mass is 346 g/mol. The Labute approximate surface area is 142 Å². The molecule has 0 saturated carbocycles. The Balaban J connectivity index is 2.00. The van der Waals surface area contributed by atoms with Gasteiger partial charge in [-0.15, -0.1) is 0 Å². The van der Waals surface area contributed by atoms with E-state index >= 15 is 0 Å². The molecule has 25 heavy (non-hydrogen) atoms. The van der Waals surface area contributed by atoms with Crippen molar-refractivity contribution in [2.45, 2.75) is 13.8 Å². The molecule has 2 rings (SSSR count). The molecule has 130 valence electrons. The first-order chi connectivity index (χ1) is 11.8. The minimum absolute atomic E-state index is 0.0352. The van der Waals surface area contributed by atoms with Crippen molar-refractivity contribution >= 4 is 23.3 Å². The van der Waals surface area contributed by atoms with E-state index in [-0.39, 0.29) is 16.9 Å². The fraction of sp³-hybridized carbons (Fsp3) is 0.176. The zero-order chi connectivity index (χ0) is 18.6. The molecule has 0 unspecified atom stereocenters. The van der Waals surface area contributed by atoms with E-state index in [0.717, 1.165) is 12.1 Å². The number of rotatable bonds is 5. The van der Waals surface area contributed by atoms with Gasteiger partial charge >= 0.3 is 5.97 Å². The highest BCUT2D eigenvalue weighted by Gasteiger charge is 2.17. The number of nitrogens with zero attached hydrogens (tertiary/aromatic N) is 1. The normalized spacial score (nSPS) is 10.2. The van der Waals surface area contributed by atoms with Crippen LogP contribution in [0.2, 0.25) is 0 Å². The van der Waals surface area contributed by atoms with Crippen LogP contribution in [0.3, 0.4) is 0 Å². The van der Waals surface area contributed by atoms with Crippen LogP contribution in [-0.2, 0) is 9.53 Å². The zero-order valence-corrected chi connectivity index (χ0v) is 13.5. The number of benzene rings is 2. The quantitative estimate of drug-likeness (QED) is 0.509. The maximum atomic E-state index is 13.2. The fourth-order valence-electron chi connectivity index (χ4n) is 2.06. The van der Waals surface area contributed by atoms with Gasteiger partial charge in [0, 0.05) is 17.3 Å². The summed E-state index contributed by atoms with van der Waals surface area (Å²) in [5.74, 6) is -2.03. The summed E-state index contributed by atoms with van der Waals surface area (Å²) in [4.78, 5) is 34.0. The number of aryl methyl sites for hydroxylation is 2. The van der Waals surface area contributed by atoms with Crippen LogP contribution >= 0.6 is 0 Å². The van der Waals surface area contributed by atoms with Gasteiger partial charge in [0.2, 0.25) is 0 Å². The first-order valence-corrected chi connectivity index (χ1v) is 7.26. The van der Waals surface area contributed by atoms with Crippen LogP contribution in [0.4, 0.5) is 15.8 Å². The maximum absolute atomic E-state index is 13.2. The summed E-state index contributed by atoms with van der Waals surface area (Å²) in [5, 5.41) is 13.3. The molecular weight excluding hydrogens is 331 g/mol. The van der Waals surface area contributed by atoms with Crippen LogP contribution in [0.15, 0.2) is 36.4 Å². The van der Waals surface area contributed by atoms with Crippen molar-refractivity contribution in [3.63, 3.8) is 0 Å². The largest absolute Gasteiger partial charge is 0.452 e. The van der Waals surface area contributed by atoms with Crippen molar-refractivity contribution in [2.75, 3.05) is 11.9 Å². The number of nitrogens with one attached hydrogen (secondary N) is 1. The van der Waals surface area contributed by atoms with E-state index in [4.69, 9.17) is 4.74 Å². The lowest BCUT2D eigenvalue weighted by Gasteiger charge is -2.09. The Kier molecular flexibility index (Phi) is 5.43. The lowest BCUT2D eigenvalue weighted by molar-refractivity contribution is -0.385. The molecule has 0 atom stereocenters.